The van der Waals surface area contributed by atoms with E-state index in [0.29, 0.717) is 12.1 Å². The van der Waals surface area contributed by atoms with Gasteiger partial charge in [-0.15, -0.1) is 0 Å². The Kier molecular flexibility index (Phi) is 3.19. The predicted molar refractivity (Wildman–Crippen MR) is 63.4 cm³/mol. The zero-order valence-corrected chi connectivity index (χ0v) is 10.3. The summed E-state index contributed by atoms with van der Waals surface area (Å²) in [4.78, 5) is 8.29. The summed E-state index contributed by atoms with van der Waals surface area (Å²) >= 11 is 0. The average molecular weight is 232 g/mol. The first-order valence-electron chi connectivity index (χ1n) is 5.52. The molecule has 5 heteroatoms. The molecule has 2 rings (SSSR count). The molecule has 0 fully saturated rings. The van der Waals surface area contributed by atoms with E-state index in [9.17, 15) is 5.11 Å². The Morgan fingerprint density at radius 1 is 1.24 bits per heavy atom. The molecule has 0 amide bonds. The molecule has 0 aliphatic carbocycles. The van der Waals surface area contributed by atoms with Crippen molar-refractivity contribution in [2.24, 2.45) is 7.05 Å². The minimum absolute atomic E-state index is 0.495. The van der Waals surface area contributed by atoms with E-state index in [1.807, 2.05) is 27.0 Å². The van der Waals surface area contributed by atoms with Crippen molar-refractivity contribution in [3.63, 3.8) is 0 Å². The molecule has 2 heterocycles. The molecule has 2 aromatic rings. The number of aliphatic hydroxyl groups is 1. The molecule has 1 atom stereocenters. The smallest absolute Gasteiger partial charge is 0.103 e. The number of hydrogen-bond donors (Lipinski definition) is 1. The predicted octanol–water partition coefficient (Wildman–Crippen LogP) is 1.10. The van der Waals surface area contributed by atoms with E-state index in [1.54, 1.807) is 17.1 Å². The fraction of sp³-hybridized carbons (Fsp3) is 0.417. The van der Waals surface area contributed by atoms with Crippen LogP contribution in [0.4, 0.5) is 0 Å². The Hall–Kier alpha value is -1.75. The fourth-order valence-corrected chi connectivity index (χ4v) is 1.73. The maximum atomic E-state index is 10.1. The second-order valence-corrected chi connectivity index (χ2v) is 4.20. The van der Waals surface area contributed by atoms with Gasteiger partial charge in [0.15, 0.2) is 0 Å². The monoisotopic (exact) mass is 232 g/mol. The van der Waals surface area contributed by atoms with E-state index in [-0.39, 0.29) is 0 Å². The highest BCUT2D eigenvalue weighted by molar-refractivity contribution is 5.13. The van der Waals surface area contributed by atoms with Gasteiger partial charge in [-0.2, -0.15) is 5.10 Å². The first-order valence-corrected chi connectivity index (χ1v) is 5.52. The molecule has 0 spiro atoms. The van der Waals surface area contributed by atoms with E-state index >= 15 is 0 Å². The number of hydrogen-bond acceptors (Lipinski definition) is 4. The second-order valence-electron chi connectivity index (χ2n) is 4.20. The highest BCUT2D eigenvalue weighted by Crippen LogP contribution is 2.15. The molecule has 2 aromatic heterocycles. The highest BCUT2D eigenvalue weighted by atomic mass is 16.3. The molecule has 1 unspecified atom stereocenters. The summed E-state index contributed by atoms with van der Waals surface area (Å²) in [5.41, 5.74) is 3.37. The summed E-state index contributed by atoms with van der Waals surface area (Å²) in [7, 11) is 1.87. The van der Waals surface area contributed by atoms with Crippen LogP contribution in [0.3, 0.4) is 0 Å². The maximum absolute atomic E-state index is 10.1. The third kappa shape index (κ3) is 2.68. The Morgan fingerprint density at radius 2 is 2.00 bits per heavy atom. The van der Waals surface area contributed by atoms with Gasteiger partial charge in [0.25, 0.3) is 0 Å². The Bertz CT molecular complexity index is 504. The lowest BCUT2D eigenvalue weighted by molar-refractivity contribution is 0.170. The zero-order valence-electron chi connectivity index (χ0n) is 10.3. The Labute approximate surface area is 100 Å². The summed E-state index contributed by atoms with van der Waals surface area (Å²) in [5, 5.41) is 14.3. The van der Waals surface area contributed by atoms with Crippen LogP contribution >= 0.6 is 0 Å². The quantitative estimate of drug-likeness (QED) is 0.860. The molecule has 0 saturated carbocycles. The van der Waals surface area contributed by atoms with Gasteiger partial charge in [-0.3, -0.25) is 14.6 Å². The molecule has 90 valence electrons. The number of aryl methyl sites for hydroxylation is 3. The molecule has 0 aliphatic rings. The van der Waals surface area contributed by atoms with E-state index in [1.165, 1.54) is 0 Å². The summed E-state index contributed by atoms with van der Waals surface area (Å²) in [6, 6.07) is 1.96. The van der Waals surface area contributed by atoms with Crippen LogP contribution in [0.2, 0.25) is 0 Å². The van der Waals surface area contributed by atoms with E-state index in [4.69, 9.17) is 0 Å². The first-order chi connectivity index (χ1) is 8.06. The van der Waals surface area contributed by atoms with E-state index in [2.05, 4.69) is 15.1 Å². The minimum atomic E-state index is -0.641. The standard InChI is InChI=1S/C12H16N4O/c1-8-4-10(16(3)15-8)5-12(17)11-7-13-9(2)6-14-11/h4,6-7,12,17H,5H2,1-3H3. The molecular weight excluding hydrogens is 216 g/mol. The Morgan fingerprint density at radius 3 is 2.53 bits per heavy atom. The molecule has 0 aromatic carbocycles. The largest absolute Gasteiger partial charge is 0.386 e. The van der Waals surface area contributed by atoms with Gasteiger partial charge >= 0.3 is 0 Å². The van der Waals surface area contributed by atoms with Gasteiger partial charge in [0.05, 0.1) is 23.3 Å². The van der Waals surface area contributed by atoms with E-state index < -0.39 is 6.10 Å². The lowest BCUT2D eigenvalue weighted by Crippen LogP contribution is -2.08. The number of aliphatic hydroxyl groups excluding tert-OH is 1. The second kappa shape index (κ2) is 4.63. The molecule has 0 aliphatic heterocycles. The van der Waals surface area contributed by atoms with Crippen LogP contribution in [0.5, 0.6) is 0 Å². The van der Waals surface area contributed by atoms with Gasteiger partial charge < -0.3 is 5.11 Å². The molecule has 0 bridgehead atoms. The van der Waals surface area contributed by atoms with Crippen molar-refractivity contribution in [3.8, 4) is 0 Å². The Balaban J connectivity index is 2.13. The summed E-state index contributed by atoms with van der Waals surface area (Å²) in [5.74, 6) is 0. The molecular formula is C12H16N4O. The van der Waals surface area contributed by atoms with Crippen molar-refractivity contribution < 1.29 is 5.11 Å². The summed E-state index contributed by atoms with van der Waals surface area (Å²) in [6.45, 7) is 3.80. The lowest BCUT2D eigenvalue weighted by atomic mass is 10.1. The number of aromatic nitrogens is 4. The van der Waals surface area contributed by atoms with Gasteiger partial charge in [-0.05, 0) is 19.9 Å². The molecule has 17 heavy (non-hydrogen) atoms. The SMILES string of the molecule is Cc1cnc(C(O)Cc2cc(C)nn2C)cn1. The van der Waals surface area contributed by atoms with Crippen LogP contribution in [0, 0.1) is 13.8 Å². The maximum Gasteiger partial charge on any atom is 0.103 e. The normalized spacial score (nSPS) is 12.7. The van der Waals surface area contributed by atoms with Crippen LogP contribution in [-0.4, -0.2) is 24.9 Å². The van der Waals surface area contributed by atoms with Gasteiger partial charge in [-0.25, -0.2) is 0 Å². The molecule has 1 N–H and O–H groups in total. The van der Waals surface area contributed by atoms with Crippen molar-refractivity contribution in [1.82, 2.24) is 19.7 Å². The van der Waals surface area contributed by atoms with Crippen molar-refractivity contribution in [1.29, 1.82) is 0 Å². The van der Waals surface area contributed by atoms with Crippen LogP contribution in [0.1, 0.15) is 28.9 Å². The number of nitrogens with zero attached hydrogens (tertiary/aromatic N) is 4. The third-order valence-corrected chi connectivity index (χ3v) is 2.64. The molecule has 5 nitrogen and oxygen atoms in total. The van der Waals surface area contributed by atoms with E-state index in [0.717, 1.165) is 17.1 Å². The summed E-state index contributed by atoms with van der Waals surface area (Å²) < 4.78 is 1.78. The summed E-state index contributed by atoms with van der Waals surface area (Å²) in [6.07, 6.45) is 3.13. The van der Waals surface area contributed by atoms with Crippen LogP contribution in [-0.2, 0) is 13.5 Å². The van der Waals surface area contributed by atoms with Gasteiger partial charge in [0.2, 0.25) is 0 Å². The van der Waals surface area contributed by atoms with Gasteiger partial charge in [-0.1, -0.05) is 0 Å². The molecule has 0 radical (unpaired) electrons. The van der Waals surface area contributed by atoms with Gasteiger partial charge in [0, 0.05) is 25.4 Å². The van der Waals surface area contributed by atoms with Crippen LogP contribution < -0.4 is 0 Å². The highest BCUT2D eigenvalue weighted by Gasteiger charge is 2.13. The third-order valence-electron chi connectivity index (χ3n) is 2.64. The fourth-order valence-electron chi connectivity index (χ4n) is 1.73. The topological polar surface area (TPSA) is 63.8 Å². The average Bonchev–Trinajstić information content (AvgIpc) is 2.58. The van der Waals surface area contributed by atoms with Gasteiger partial charge in [0.1, 0.15) is 6.10 Å². The van der Waals surface area contributed by atoms with Crippen molar-refractivity contribution >= 4 is 0 Å². The first kappa shape index (κ1) is 11.7. The van der Waals surface area contributed by atoms with Crippen molar-refractivity contribution in [3.05, 3.63) is 41.2 Å². The minimum Gasteiger partial charge on any atom is -0.386 e. The van der Waals surface area contributed by atoms with Crippen LogP contribution in [0.15, 0.2) is 18.5 Å². The number of rotatable bonds is 3. The van der Waals surface area contributed by atoms with Crippen molar-refractivity contribution in [2.45, 2.75) is 26.4 Å². The lowest BCUT2D eigenvalue weighted by Gasteiger charge is -2.09. The van der Waals surface area contributed by atoms with Crippen LogP contribution in [0.25, 0.3) is 0 Å². The van der Waals surface area contributed by atoms with Crippen molar-refractivity contribution in [2.75, 3.05) is 0 Å². The molecule has 0 saturated heterocycles. The zero-order chi connectivity index (χ0) is 12.4.